The van der Waals surface area contributed by atoms with Crippen LogP contribution >= 0.6 is 11.6 Å². The summed E-state index contributed by atoms with van der Waals surface area (Å²) >= 11 is 6.09. The third-order valence-electron chi connectivity index (χ3n) is 3.77. The highest BCUT2D eigenvalue weighted by molar-refractivity contribution is 7.88. The van der Waals surface area contributed by atoms with Crippen LogP contribution in [0.5, 0.6) is 0 Å². The van der Waals surface area contributed by atoms with Crippen LogP contribution in [0.15, 0.2) is 54.6 Å². The van der Waals surface area contributed by atoms with E-state index in [0.717, 1.165) is 16.1 Å². The summed E-state index contributed by atoms with van der Waals surface area (Å²) in [6, 6.07) is 16.6. The molecule has 0 aromatic heterocycles. The molecule has 2 rings (SSSR count). The lowest BCUT2D eigenvalue weighted by Gasteiger charge is -2.20. The van der Waals surface area contributed by atoms with Gasteiger partial charge in [-0.15, -0.1) is 0 Å². The fraction of sp³-hybridized carbons (Fsp3) is 0.316. The van der Waals surface area contributed by atoms with Gasteiger partial charge in [-0.3, -0.25) is 4.79 Å². The van der Waals surface area contributed by atoms with E-state index in [0.29, 0.717) is 30.3 Å². The highest BCUT2D eigenvalue weighted by Gasteiger charge is 2.21. The lowest BCUT2D eigenvalue weighted by Crippen LogP contribution is -2.40. The van der Waals surface area contributed by atoms with Crippen molar-refractivity contribution in [1.82, 2.24) is 9.62 Å². The third kappa shape index (κ3) is 7.68. The van der Waals surface area contributed by atoms with Crippen LogP contribution in [0.25, 0.3) is 0 Å². The molecule has 2 aromatic rings. The van der Waals surface area contributed by atoms with Crippen molar-refractivity contribution in [1.29, 1.82) is 0 Å². The fourth-order valence-electron chi connectivity index (χ4n) is 2.35. The van der Waals surface area contributed by atoms with Crippen LogP contribution in [0, 0.1) is 0 Å². The number of nitrogens with one attached hydrogen (secondary N) is 1. The van der Waals surface area contributed by atoms with E-state index in [1.54, 1.807) is 24.3 Å². The number of carbonyl (C=O) groups excluding carboxylic acids is 1. The van der Waals surface area contributed by atoms with Gasteiger partial charge in [0.2, 0.25) is 15.9 Å². The molecule has 0 aliphatic heterocycles. The number of hydrogen-bond donors (Lipinski definition) is 1. The smallest absolute Gasteiger partial charge is 0.235 e. The Bertz CT molecular complexity index is 844. The van der Waals surface area contributed by atoms with Crippen molar-refractivity contribution >= 4 is 27.5 Å². The van der Waals surface area contributed by atoms with Crippen molar-refractivity contribution in [2.24, 2.45) is 0 Å². The van der Waals surface area contributed by atoms with Gasteiger partial charge in [-0.05, 0) is 17.2 Å². The zero-order valence-electron chi connectivity index (χ0n) is 15.1. The second kappa shape index (κ2) is 10.4. The van der Waals surface area contributed by atoms with Gasteiger partial charge < -0.3 is 10.1 Å². The predicted octanol–water partition coefficient (Wildman–Crippen LogP) is 2.43. The van der Waals surface area contributed by atoms with Gasteiger partial charge in [0.25, 0.3) is 0 Å². The molecule has 1 N–H and O–H groups in total. The topological polar surface area (TPSA) is 75.7 Å². The maximum absolute atomic E-state index is 12.1. The van der Waals surface area contributed by atoms with Crippen LogP contribution in [-0.4, -0.2) is 44.6 Å². The minimum absolute atomic E-state index is 0.0381. The Kier molecular flexibility index (Phi) is 8.24. The summed E-state index contributed by atoms with van der Waals surface area (Å²) < 4.78 is 30.6. The summed E-state index contributed by atoms with van der Waals surface area (Å²) in [6.07, 6.45) is 1.07. The fourth-order valence-corrected chi connectivity index (χ4v) is 3.27. The molecule has 0 unspecified atom stereocenters. The first kappa shape index (κ1) is 21.4. The van der Waals surface area contributed by atoms with E-state index in [4.69, 9.17) is 16.3 Å². The van der Waals surface area contributed by atoms with Gasteiger partial charge in [-0.25, -0.2) is 8.42 Å². The van der Waals surface area contributed by atoms with E-state index in [-0.39, 0.29) is 13.1 Å². The van der Waals surface area contributed by atoms with Crippen LogP contribution in [-0.2, 0) is 32.7 Å². The van der Waals surface area contributed by atoms with Gasteiger partial charge in [-0.2, -0.15) is 4.31 Å². The van der Waals surface area contributed by atoms with E-state index < -0.39 is 15.9 Å². The number of ether oxygens (including phenoxy) is 1. The molecule has 0 aliphatic rings. The molecule has 0 radical (unpaired) electrons. The van der Waals surface area contributed by atoms with Crippen LogP contribution in [0.2, 0.25) is 5.02 Å². The summed E-state index contributed by atoms with van der Waals surface area (Å²) in [5.41, 5.74) is 1.69. The Hall–Kier alpha value is -1.93. The minimum Gasteiger partial charge on any atom is -0.375 e. The number of benzene rings is 2. The SMILES string of the molecule is CS(=O)(=O)N(CC(=O)NCCOCc1ccccc1)Cc1ccccc1Cl. The highest BCUT2D eigenvalue weighted by atomic mass is 35.5. The summed E-state index contributed by atoms with van der Waals surface area (Å²) in [5.74, 6) is -0.393. The van der Waals surface area contributed by atoms with Crippen LogP contribution < -0.4 is 5.32 Å². The number of carbonyl (C=O) groups is 1. The summed E-state index contributed by atoms with van der Waals surface area (Å²) in [6.45, 7) is 0.858. The number of nitrogens with zero attached hydrogens (tertiary/aromatic N) is 1. The zero-order valence-corrected chi connectivity index (χ0v) is 16.7. The summed E-state index contributed by atoms with van der Waals surface area (Å²) in [5, 5.41) is 3.13. The second-order valence-corrected chi connectivity index (χ2v) is 8.40. The van der Waals surface area contributed by atoms with E-state index >= 15 is 0 Å². The molecule has 0 atom stereocenters. The quantitative estimate of drug-likeness (QED) is 0.610. The van der Waals surface area contributed by atoms with Gasteiger partial charge >= 0.3 is 0 Å². The molecule has 1 amide bonds. The normalized spacial score (nSPS) is 11.5. The third-order valence-corrected chi connectivity index (χ3v) is 5.34. The van der Waals surface area contributed by atoms with Crippen molar-refractivity contribution in [2.45, 2.75) is 13.2 Å². The second-order valence-electron chi connectivity index (χ2n) is 6.01. The van der Waals surface area contributed by atoms with E-state index in [1.165, 1.54) is 0 Å². The van der Waals surface area contributed by atoms with Crippen molar-refractivity contribution in [2.75, 3.05) is 26.0 Å². The molecule has 0 saturated carbocycles. The Balaban J connectivity index is 1.79. The Morgan fingerprint density at radius 1 is 1.11 bits per heavy atom. The average molecular weight is 411 g/mol. The van der Waals surface area contributed by atoms with Crippen molar-refractivity contribution < 1.29 is 17.9 Å². The summed E-state index contributed by atoms with van der Waals surface area (Å²) in [4.78, 5) is 12.1. The van der Waals surface area contributed by atoms with Crippen molar-refractivity contribution in [3.8, 4) is 0 Å². The molecule has 0 aliphatic carbocycles. The van der Waals surface area contributed by atoms with E-state index in [1.807, 2.05) is 30.3 Å². The van der Waals surface area contributed by atoms with Crippen LogP contribution in [0.4, 0.5) is 0 Å². The number of amides is 1. The lowest BCUT2D eigenvalue weighted by atomic mass is 10.2. The minimum atomic E-state index is -3.56. The lowest BCUT2D eigenvalue weighted by molar-refractivity contribution is -0.121. The monoisotopic (exact) mass is 410 g/mol. The molecule has 0 spiro atoms. The average Bonchev–Trinajstić information content (AvgIpc) is 2.62. The molecule has 146 valence electrons. The first-order valence-corrected chi connectivity index (χ1v) is 10.7. The zero-order chi connectivity index (χ0) is 19.7. The highest BCUT2D eigenvalue weighted by Crippen LogP contribution is 2.18. The van der Waals surface area contributed by atoms with Gasteiger partial charge in [-0.1, -0.05) is 60.1 Å². The van der Waals surface area contributed by atoms with E-state index in [9.17, 15) is 13.2 Å². The molecule has 27 heavy (non-hydrogen) atoms. The molecular formula is C19H23ClN2O4S. The largest absolute Gasteiger partial charge is 0.375 e. The van der Waals surface area contributed by atoms with Crippen molar-refractivity contribution in [3.63, 3.8) is 0 Å². The molecule has 6 nitrogen and oxygen atoms in total. The van der Waals surface area contributed by atoms with Gasteiger partial charge in [0.05, 0.1) is 26.0 Å². The van der Waals surface area contributed by atoms with Gasteiger partial charge in [0.1, 0.15) is 0 Å². The first-order chi connectivity index (χ1) is 12.9. The Labute approximate surface area is 165 Å². The summed E-state index contributed by atoms with van der Waals surface area (Å²) in [7, 11) is -3.56. The Morgan fingerprint density at radius 2 is 1.78 bits per heavy atom. The van der Waals surface area contributed by atoms with Crippen LogP contribution in [0.1, 0.15) is 11.1 Å². The van der Waals surface area contributed by atoms with Gasteiger partial charge in [0.15, 0.2) is 0 Å². The van der Waals surface area contributed by atoms with Crippen molar-refractivity contribution in [3.05, 3.63) is 70.7 Å². The molecule has 0 bridgehead atoms. The molecule has 0 saturated heterocycles. The van der Waals surface area contributed by atoms with Gasteiger partial charge in [0, 0.05) is 18.1 Å². The molecular weight excluding hydrogens is 388 g/mol. The number of halogens is 1. The number of sulfonamides is 1. The number of hydrogen-bond acceptors (Lipinski definition) is 4. The standard InChI is InChI=1S/C19H23ClN2O4S/c1-27(24,25)22(13-17-9-5-6-10-18(17)20)14-19(23)21-11-12-26-15-16-7-3-2-4-8-16/h2-10H,11-15H2,1H3,(H,21,23). The first-order valence-electron chi connectivity index (χ1n) is 8.43. The molecule has 8 heteroatoms. The molecule has 0 heterocycles. The van der Waals surface area contributed by atoms with Crippen LogP contribution in [0.3, 0.4) is 0 Å². The van der Waals surface area contributed by atoms with E-state index in [2.05, 4.69) is 5.32 Å². The molecule has 0 fully saturated rings. The maximum Gasteiger partial charge on any atom is 0.235 e. The predicted molar refractivity (Wildman–Crippen MR) is 106 cm³/mol. The molecule has 2 aromatic carbocycles. The number of rotatable bonds is 10. The Morgan fingerprint density at radius 3 is 2.44 bits per heavy atom. The maximum atomic E-state index is 12.1.